The van der Waals surface area contributed by atoms with Crippen molar-refractivity contribution < 1.29 is 28.6 Å². The van der Waals surface area contributed by atoms with Gasteiger partial charge in [-0.25, -0.2) is 32.8 Å². The molecule has 2 fully saturated rings. The van der Waals surface area contributed by atoms with Crippen molar-refractivity contribution in [3.63, 3.8) is 0 Å². The second-order valence-electron chi connectivity index (χ2n) is 10.6. The second kappa shape index (κ2) is 9.10. The highest BCUT2D eigenvalue weighted by atomic mass is 35.5. The number of nitrogens with zero attached hydrogens (tertiary/aromatic N) is 4. The Balaban J connectivity index is 1.63. The van der Waals surface area contributed by atoms with Crippen molar-refractivity contribution in [1.82, 2.24) is 13.9 Å². The molecule has 1 N–H and O–H groups in total. The average Bonchev–Trinajstić information content (AvgIpc) is 3.29. The van der Waals surface area contributed by atoms with Gasteiger partial charge in [0.15, 0.2) is 0 Å². The van der Waals surface area contributed by atoms with Crippen molar-refractivity contribution in [3.8, 4) is 17.2 Å². The fourth-order valence-electron chi connectivity index (χ4n) is 6.73. The van der Waals surface area contributed by atoms with Crippen LogP contribution in [0.4, 0.5) is 10.1 Å². The first-order chi connectivity index (χ1) is 19.4. The van der Waals surface area contributed by atoms with Crippen LogP contribution in [0.5, 0.6) is 17.2 Å². The molecule has 3 aliphatic rings. The molecule has 0 radical (unpaired) electrons. The maximum absolute atomic E-state index is 14.4. The lowest BCUT2D eigenvalue weighted by atomic mass is 9.56. The van der Waals surface area contributed by atoms with Crippen LogP contribution in [-0.4, -0.2) is 45.1 Å². The third-order valence-corrected chi connectivity index (χ3v) is 9.02. The SMILES string of the molecule is COc1cc(O)c([C@H]2C3=CCn4c(=O)n(C)c(=O)n4[C@@H]3C[C@H]3C(=O)N(c4ccc(F)c(Cl)c4)C(=O)[C@@]23C)c(OC)c1. The number of rotatable bonds is 4. The Kier molecular flexibility index (Phi) is 5.96. The molecule has 2 amide bonds. The Morgan fingerprint density at radius 1 is 1.07 bits per heavy atom. The molecule has 0 unspecified atom stereocenters. The van der Waals surface area contributed by atoms with E-state index in [0.29, 0.717) is 11.3 Å². The molecule has 4 atom stereocenters. The van der Waals surface area contributed by atoms with Crippen LogP contribution in [0.3, 0.4) is 0 Å². The fourth-order valence-corrected chi connectivity index (χ4v) is 6.90. The number of hydrogen-bond acceptors (Lipinski definition) is 7. The minimum atomic E-state index is -1.47. The van der Waals surface area contributed by atoms with Gasteiger partial charge in [-0.2, -0.15) is 0 Å². The largest absolute Gasteiger partial charge is 0.507 e. The maximum atomic E-state index is 14.4. The van der Waals surface area contributed by atoms with E-state index < -0.39 is 52.3 Å². The van der Waals surface area contributed by atoms with Gasteiger partial charge in [-0.05, 0) is 37.1 Å². The van der Waals surface area contributed by atoms with E-state index in [-0.39, 0.29) is 40.7 Å². The van der Waals surface area contributed by atoms with Gasteiger partial charge in [0.1, 0.15) is 23.1 Å². The maximum Gasteiger partial charge on any atom is 0.347 e. The summed E-state index contributed by atoms with van der Waals surface area (Å²) >= 11 is 6.01. The molecule has 0 bridgehead atoms. The van der Waals surface area contributed by atoms with E-state index in [1.165, 1.54) is 48.8 Å². The van der Waals surface area contributed by atoms with Crippen molar-refractivity contribution in [2.75, 3.05) is 19.1 Å². The van der Waals surface area contributed by atoms with Gasteiger partial charge in [-0.3, -0.25) is 9.59 Å². The standard InChI is InChI=1S/C28H26ClFN4O7/c1-28-16(24(36)33(25(28)37)13-5-6-18(30)17(29)9-13)12-19-15(7-8-32-26(38)31(2)27(39)34(19)32)23(28)22-20(35)10-14(40-3)11-21(22)41-4/h5-7,9-11,16,19,23,35H,8,12H2,1-4H3/t16-,19+,23+,28+/m0/s1. The van der Waals surface area contributed by atoms with Crippen LogP contribution in [0.15, 0.2) is 51.6 Å². The van der Waals surface area contributed by atoms with Crippen molar-refractivity contribution in [2.45, 2.75) is 31.8 Å². The van der Waals surface area contributed by atoms with Crippen molar-refractivity contribution in [2.24, 2.45) is 18.4 Å². The molecule has 1 saturated heterocycles. The summed E-state index contributed by atoms with van der Waals surface area (Å²) in [5, 5.41) is 11.1. The topological polar surface area (TPSA) is 125 Å². The zero-order valence-electron chi connectivity index (χ0n) is 22.6. The quantitative estimate of drug-likeness (QED) is 0.369. The normalized spacial score (nSPS) is 25.0. The summed E-state index contributed by atoms with van der Waals surface area (Å²) in [7, 11) is 4.20. The summed E-state index contributed by atoms with van der Waals surface area (Å²) in [6, 6.07) is 5.73. The number of carbonyl (C=O) groups is 2. The fraction of sp³-hybridized carbons (Fsp3) is 0.357. The van der Waals surface area contributed by atoms with Crippen LogP contribution in [0.25, 0.3) is 0 Å². The lowest BCUT2D eigenvalue weighted by molar-refractivity contribution is -0.129. The van der Waals surface area contributed by atoms with Crippen molar-refractivity contribution in [1.29, 1.82) is 0 Å². The van der Waals surface area contributed by atoms with Gasteiger partial charge < -0.3 is 14.6 Å². The van der Waals surface area contributed by atoms with Gasteiger partial charge in [0, 0.05) is 30.7 Å². The number of anilines is 1. The summed E-state index contributed by atoms with van der Waals surface area (Å²) < 4.78 is 28.5. The van der Waals surface area contributed by atoms with Crippen LogP contribution < -0.4 is 25.8 Å². The van der Waals surface area contributed by atoms with Gasteiger partial charge in [0.2, 0.25) is 11.8 Å². The number of hydrogen-bond donors (Lipinski definition) is 1. The molecular formula is C28H26ClFN4O7. The van der Waals surface area contributed by atoms with E-state index in [0.717, 1.165) is 15.5 Å². The molecule has 13 heteroatoms. The molecular weight excluding hydrogens is 559 g/mol. The van der Waals surface area contributed by atoms with Gasteiger partial charge in [0.05, 0.1) is 48.8 Å². The number of halogens is 2. The highest BCUT2D eigenvalue weighted by Gasteiger charge is 2.66. The van der Waals surface area contributed by atoms with E-state index in [1.54, 1.807) is 19.1 Å². The summed E-state index contributed by atoms with van der Waals surface area (Å²) in [5.74, 6) is -3.54. The number of methoxy groups -OCH3 is 2. The number of imide groups is 1. The highest BCUT2D eigenvalue weighted by molar-refractivity contribution is 6.31. The van der Waals surface area contributed by atoms with Gasteiger partial charge in [-0.15, -0.1) is 0 Å². The lowest BCUT2D eigenvalue weighted by Crippen LogP contribution is -2.49. The number of aromatic nitrogens is 3. The molecule has 6 rings (SSSR count). The molecule has 0 spiro atoms. The lowest BCUT2D eigenvalue weighted by Gasteiger charge is -2.47. The smallest absolute Gasteiger partial charge is 0.347 e. The zero-order chi connectivity index (χ0) is 29.5. The van der Waals surface area contributed by atoms with Crippen molar-refractivity contribution >= 4 is 29.1 Å². The molecule has 214 valence electrons. The van der Waals surface area contributed by atoms with Gasteiger partial charge in [-0.1, -0.05) is 17.7 Å². The Bertz CT molecular complexity index is 1810. The van der Waals surface area contributed by atoms with Crippen LogP contribution in [0, 0.1) is 17.2 Å². The second-order valence-corrected chi connectivity index (χ2v) is 11.0. The summed E-state index contributed by atoms with van der Waals surface area (Å²) in [6.45, 7) is 1.68. The number of phenolic OH excluding ortho intramolecular Hbond substituents is 1. The number of carbonyl (C=O) groups excluding carboxylic acids is 2. The summed E-state index contributed by atoms with van der Waals surface area (Å²) in [4.78, 5) is 55.5. The third-order valence-electron chi connectivity index (χ3n) is 8.73. The number of ether oxygens (including phenoxy) is 2. The first kappa shape index (κ1) is 26.9. The first-order valence-electron chi connectivity index (χ1n) is 12.8. The number of phenols is 1. The number of fused-ring (bicyclic) bond motifs is 4. The minimum absolute atomic E-state index is 0.0252. The van der Waals surface area contributed by atoms with Gasteiger partial charge in [0.25, 0.3) is 0 Å². The Morgan fingerprint density at radius 3 is 2.46 bits per heavy atom. The monoisotopic (exact) mass is 584 g/mol. The summed E-state index contributed by atoms with van der Waals surface area (Å²) in [5.41, 5.74) is -1.65. The molecule has 2 aliphatic heterocycles. The molecule has 41 heavy (non-hydrogen) atoms. The van der Waals surface area contributed by atoms with Crippen LogP contribution in [0.2, 0.25) is 5.02 Å². The molecule has 11 nitrogen and oxygen atoms in total. The molecule has 1 aromatic heterocycles. The Hall–Kier alpha value is -4.32. The van der Waals surface area contributed by atoms with Crippen molar-refractivity contribution in [3.05, 3.63) is 79.4 Å². The molecule has 3 aromatic rings. The third kappa shape index (κ3) is 3.49. The number of aromatic hydroxyl groups is 1. The van der Waals surface area contributed by atoms with E-state index >= 15 is 0 Å². The molecule has 3 heterocycles. The summed E-state index contributed by atoms with van der Waals surface area (Å²) in [6.07, 6.45) is 1.79. The molecule has 2 aromatic carbocycles. The minimum Gasteiger partial charge on any atom is -0.507 e. The Labute approximate surface area is 237 Å². The zero-order valence-corrected chi connectivity index (χ0v) is 23.3. The van der Waals surface area contributed by atoms with Crippen LogP contribution >= 0.6 is 11.6 Å². The van der Waals surface area contributed by atoms with Gasteiger partial charge >= 0.3 is 11.4 Å². The Morgan fingerprint density at radius 2 is 1.80 bits per heavy atom. The number of amides is 2. The first-order valence-corrected chi connectivity index (χ1v) is 13.2. The predicted octanol–water partition coefficient (Wildman–Crippen LogP) is 2.73. The van der Waals surface area contributed by atoms with E-state index in [9.17, 15) is 28.7 Å². The number of benzene rings is 2. The highest BCUT2D eigenvalue weighted by Crippen LogP contribution is 2.63. The number of allylic oxidation sites excluding steroid dienone is 2. The van der Waals surface area contributed by atoms with E-state index in [1.807, 2.05) is 0 Å². The van der Waals surface area contributed by atoms with E-state index in [4.69, 9.17) is 21.1 Å². The average molecular weight is 585 g/mol. The predicted molar refractivity (Wildman–Crippen MR) is 145 cm³/mol. The van der Waals surface area contributed by atoms with Crippen LogP contribution in [-0.2, 0) is 23.2 Å². The molecule has 1 saturated carbocycles. The van der Waals surface area contributed by atoms with Crippen LogP contribution in [0.1, 0.15) is 30.9 Å². The molecule has 1 aliphatic carbocycles. The van der Waals surface area contributed by atoms with E-state index in [2.05, 4.69) is 0 Å².